The first-order valence-corrected chi connectivity index (χ1v) is 11.0. The van der Waals surface area contributed by atoms with E-state index in [1.165, 1.54) is 4.90 Å². The maximum Gasteiger partial charge on any atom is 0.278 e. The van der Waals surface area contributed by atoms with Crippen LogP contribution in [0.5, 0.6) is 17.2 Å². The lowest BCUT2D eigenvalue weighted by atomic mass is 10.0. The topological polar surface area (TPSA) is 86.3 Å². The molecule has 0 aliphatic carbocycles. The average molecular weight is 453 g/mol. The van der Waals surface area contributed by atoms with Crippen LogP contribution in [0.3, 0.4) is 0 Å². The van der Waals surface area contributed by atoms with Crippen LogP contribution in [-0.4, -0.2) is 50.4 Å². The number of anilines is 1. The van der Waals surface area contributed by atoms with E-state index in [-0.39, 0.29) is 30.8 Å². The molecule has 0 spiro atoms. The molecule has 0 saturated carbocycles. The summed E-state index contributed by atoms with van der Waals surface area (Å²) in [6.45, 7) is 5.64. The number of carbonyl (C=O) groups is 2. The van der Waals surface area contributed by atoms with Crippen molar-refractivity contribution in [2.45, 2.75) is 20.3 Å². The Kier molecular flexibility index (Phi) is 6.84. The largest absolute Gasteiger partial charge is 0.493 e. The number of amides is 2. The van der Waals surface area contributed by atoms with E-state index in [2.05, 4.69) is 19.2 Å². The first-order valence-electron chi connectivity index (χ1n) is 11.0. The van der Waals surface area contributed by atoms with Crippen LogP contribution in [0.1, 0.15) is 25.8 Å². The summed E-state index contributed by atoms with van der Waals surface area (Å²) in [4.78, 5) is 27.8. The molecule has 0 unspecified atom stereocenters. The van der Waals surface area contributed by atoms with Crippen molar-refractivity contribution in [3.8, 4) is 17.2 Å². The number of fused-ring (bicyclic) bond motifs is 1. The lowest BCUT2D eigenvalue weighted by Gasteiger charge is -2.15. The van der Waals surface area contributed by atoms with E-state index in [0.29, 0.717) is 59.6 Å². The molecular weight excluding hydrogens is 424 g/mol. The number of hydrogen-bond donors (Lipinski definition) is 1. The van der Waals surface area contributed by atoms with Crippen LogP contribution < -0.4 is 19.5 Å². The minimum atomic E-state index is -0.371. The van der Waals surface area contributed by atoms with Gasteiger partial charge in [-0.25, -0.2) is 0 Å². The molecule has 0 saturated heterocycles. The predicted octanol–water partition coefficient (Wildman–Crippen LogP) is 3.68. The van der Waals surface area contributed by atoms with Crippen LogP contribution in [-0.2, 0) is 14.3 Å². The fourth-order valence-corrected chi connectivity index (χ4v) is 3.63. The van der Waals surface area contributed by atoms with Crippen molar-refractivity contribution in [1.82, 2.24) is 4.90 Å². The summed E-state index contributed by atoms with van der Waals surface area (Å²) in [5.41, 5.74) is 1.82. The zero-order valence-electron chi connectivity index (χ0n) is 19.1. The molecule has 8 heteroatoms. The van der Waals surface area contributed by atoms with Crippen LogP contribution in [0.25, 0.3) is 5.57 Å². The highest BCUT2D eigenvalue weighted by Crippen LogP contribution is 2.36. The molecule has 1 N–H and O–H groups in total. The lowest BCUT2D eigenvalue weighted by molar-refractivity contribution is -0.137. The van der Waals surface area contributed by atoms with E-state index in [9.17, 15) is 9.59 Å². The molecular formula is C25H28N2O6. The fraction of sp³-hybridized carbons (Fsp3) is 0.360. The van der Waals surface area contributed by atoms with Crippen molar-refractivity contribution in [3.05, 3.63) is 53.7 Å². The molecule has 0 aromatic heterocycles. The normalized spacial score (nSPS) is 15.1. The van der Waals surface area contributed by atoms with Crippen molar-refractivity contribution in [2.75, 3.05) is 39.0 Å². The maximum atomic E-state index is 13.3. The zero-order chi connectivity index (χ0) is 23.4. The Labute approximate surface area is 193 Å². The van der Waals surface area contributed by atoms with Gasteiger partial charge in [0.25, 0.3) is 11.8 Å². The van der Waals surface area contributed by atoms with Crippen molar-refractivity contribution in [2.24, 2.45) is 5.92 Å². The van der Waals surface area contributed by atoms with Crippen LogP contribution in [0, 0.1) is 5.92 Å². The number of imide groups is 1. The van der Waals surface area contributed by atoms with Gasteiger partial charge < -0.3 is 24.3 Å². The lowest BCUT2D eigenvalue weighted by Crippen LogP contribution is -2.33. The first kappa shape index (κ1) is 22.7. The van der Waals surface area contributed by atoms with E-state index in [4.69, 9.17) is 18.9 Å². The van der Waals surface area contributed by atoms with Crippen molar-refractivity contribution < 1.29 is 28.5 Å². The molecule has 4 rings (SSSR count). The second-order valence-corrected chi connectivity index (χ2v) is 8.28. The van der Waals surface area contributed by atoms with Gasteiger partial charge in [-0.05, 0) is 42.2 Å². The molecule has 33 heavy (non-hydrogen) atoms. The number of rotatable bonds is 10. The van der Waals surface area contributed by atoms with Crippen molar-refractivity contribution in [3.63, 3.8) is 0 Å². The Bertz CT molecular complexity index is 1060. The van der Waals surface area contributed by atoms with Gasteiger partial charge in [-0.3, -0.25) is 14.5 Å². The monoisotopic (exact) mass is 452 g/mol. The number of ether oxygens (including phenoxy) is 4. The van der Waals surface area contributed by atoms with E-state index >= 15 is 0 Å². The quantitative estimate of drug-likeness (QED) is 0.435. The summed E-state index contributed by atoms with van der Waals surface area (Å²) < 4.78 is 21.6. The van der Waals surface area contributed by atoms with E-state index in [0.717, 1.165) is 0 Å². The van der Waals surface area contributed by atoms with E-state index in [1.807, 2.05) is 12.1 Å². The summed E-state index contributed by atoms with van der Waals surface area (Å²) in [5, 5.41) is 3.14. The minimum Gasteiger partial charge on any atom is -0.493 e. The smallest absolute Gasteiger partial charge is 0.278 e. The highest BCUT2D eigenvalue weighted by Gasteiger charge is 2.39. The van der Waals surface area contributed by atoms with Gasteiger partial charge in [-0.15, -0.1) is 0 Å². The number of benzene rings is 2. The Morgan fingerprint density at radius 3 is 2.52 bits per heavy atom. The van der Waals surface area contributed by atoms with Gasteiger partial charge in [0.15, 0.2) is 11.5 Å². The van der Waals surface area contributed by atoms with E-state index < -0.39 is 0 Å². The van der Waals surface area contributed by atoms with Crippen LogP contribution in [0.4, 0.5) is 5.69 Å². The van der Waals surface area contributed by atoms with Gasteiger partial charge >= 0.3 is 0 Å². The van der Waals surface area contributed by atoms with Crippen LogP contribution in [0.15, 0.2) is 48.2 Å². The fourth-order valence-electron chi connectivity index (χ4n) is 3.63. The molecule has 174 valence electrons. The molecule has 8 nitrogen and oxygen atoms in total. The number of nitrogens with zero attached hydrogens (tertiary/aromatic N) is 1. The SMILES string of the molecule is COCCCN1C(=O)C(Nc2ccc3c(c2)OCO3)=C(c2ccc(OCC(C)C)cc2)C1=O. The maximum absolute atomic E-state index is 13.3. The molecule has 0 radical (unpaired) electrons. The Hall–Kier alpha value is -3.52. The third kappa shape index (κ3) is 4.96. The Balaban J connectivity index is 1.64. The molecule has 2 heterocycles. The second-order valence-electron chi connectivity index (χ2n) is 8.28. The number of nitrogens with one attached hydrogen (secondary N) is 1. The average Bonchev–Trinajstić information content (AvgIpc) is 3.36. The van der Waals surface area contributed by atoms with Gasteiger partial charge in [0.1, 0.15) is 11.4 Å². The second kappa shape index (κ2) is 9.95. The Morgan fingerprint density at radius 2 is 1.79 bits per heavy atom. The van der Waals surface area contributed by atoms with Gasteiger partial charge in [0.2, 0.25) is 6.79 Å². The molecule has 0 atom stereocenters. The van der Waals surface area contributed by atoms with Gasteiger partial charge in [0.05, 0.1) is 12.2 Å². The summed E-state index contributed by atoms with van der Waals surface area (Å²) >= 11 is 0. The molecule has 2 aliphatic rings. The van der Waals surface area contributed by atoms with Gasteiger partial charge in [-0.1, -0.05) is 26.0 Å². The molecule has 0 fully saturated rings. The zero-order valence-corrected chi connectivity index (χ0v) is 19.1. The highest BCUT2D eigenvalue weighted by molar-refractivity contribution is 6.36. The number of carbonyl (C=O) groups excluding carboxylic acids is 2. The molecule has 2 aromatic rings. The summed E-state index contributed by atoms with van der Waals surface area (Å²) in [6, 6.07) is 12.5. The third-order valence-electron chi connectivity index (χ3n) is 5.27. The van der Waals surface area contributed by atoms with Crippen molar-refractivity contribution in [1.29, 1.82) is 0 Å². The molecule has 2 aliphatic heterocycles. The summed E-state index contributed by atoms with van der Waals surface area (Å²) in [7, 11) is 1.59. The predicted molar refractivity (Wildman–Crippen MR) is 123 cm³/mol. The highest BCUT2D eigenvalue weighted by atomic mass is 16.7. The van der Waals surface area contributed by atoms with Gasteiger partial charge in [0, 0.05) is 32.0 Å². The molecule has 0 bridgehead atoms. The number of hydrogen-bond acceptors (Lipinski definition) is 7. The number of methoxy groups -OCH3 is 1. The summed E-state index contributed by atoms with van der Waals surface area (Å²) in [5.74, 6) is 1.63. The standard InChI is InChI=1S/C25H28N2O6/c1-16(2)14-31-19-8-5-17(6-9-19)22-23(25(29)27(24(22)28)11-4-12-30-3)26-18-7-10-20-21(13-18)33-15-32-20/h5-10,13,16,26H,4,11-12,14-15H2,1-3H3. The van der Waals surface area contributed by atoms with E-state index in [1.54, 1.807) is 37.4 Å². The first-order chi connectivity index (χ1) is 16.0. The van der Waals surface area contributed by atoms with Crippen LogP contribution >= 0.6 is 0 Å². The molecule has 2 aromatic carbocycles. The van der Waals surface area contributed by atoms with Gasteiger partial charge in [-0.2, -0.15) is 0 Å². The van der Waals surface area contributed by atoms with Crippen LogP contribution in [0.2, 0.25) is 0 Å². The Morgan fingerprint density at radius 1 is 1.03 bits per heavy atom. The minimum absolute atomic E-state index is 0.155. The van der Waals surface area contributed by atoms with Crippen molar-refractivity contribution >= 4 is 23.1 Å². The summed E-state index contributed by atoms with van der Waals surface area (Å²) in [6.07, 6.45) is 0.556. The third-order valence-corrected chi connectivity index (χ3v) is 5.27. The molecule has 2 amide bonds.